The van der Waals surface area contributed by atoms with E-state index in [1.165, 1.54) is 0 Å². The molecular weight excluding hydrogens is 340 g/mol. The third-order valence-corrected chi connectivity index (χ3v) is 3.89. The molecule has 0 aromatic heterocycles. The molecule has 0 saturated heterocycles. The Morgan fingerprint density at radius 1 is 1.35 bits per heavy atom. The summed E-state index contributed by atoms with van der Waals surface area (Å²) < 4.78 is 12.0. The van der Waals surface area contributed by atoms with Crippen LogP contribution in [0.5, 0.6) is 11.5 Å². The van der Waals surface area contributed by atoms with Crippen molar-refractivity contribution in [2.75, 3.05) is 33.4 Å². The molecule has 1 rings (SSSR count). The summed E-state index contributed by atoms with van der Waals surface area (Å²) in [5.74, 6) is 1.31. The minimum absolute atomic E-state index is 0.332. The van der Waals surface area contributed by atoms with Gasteiger partial charge >= 0.3 is 0 Å². The number of hydrogen-bond donors (Lipinski definition) is 1. The molecule has 0 radical (unpaired) electrons. The fraction of sp³-hybridized carbons (Fsp3) is 0.500. The van der Waals surface area contributed by atoms with E-state index in [-0.39, 0.29) is 0 Å². The van der Waals surface area contributed by atoms with Crippen LogP contribution in [-0.4, -0.2) is 43.2 Å². The topological polar surface area (TPSA) is 47.7 Å². The molecule has 0 bridgehead atoms. The summed E-state index contributed by atoms with van der Waals surface area (Å²) in [6.45, 7) is 7.77. The van der Waals surface area contributed by atoms with Crippen molar-refractivity contribution in [2.45, 2.75) is 13.8 Å². The quantitative estimate of drug-likeness (QED) is 0.722. The summed E-state index contributed by atoms with van der Waals surface area (Å²) in [5.41, 5.74) is 6.39. The number of methoxy groups -OCH3 is 1. The van der Waals surface area contributed by atoms with Gasteiger partial charge in [0.25, 0.3) is 0 Å². The van der Waals surface area contributed by atoms with E-state index in [0.717, 1.165) is 29.7 Å². The molecule has 0 unspecified atom stereocenters. The second-order valence-electron chi connectivity index (χ2n) is 4.23. The van der Waals surface area contributed by atoms with Gasteiger partial charge in [0.05, 0.1) is 11.6 Å². The number of ether oxygens (including phenoxy) is 2. The molecular formula is C14H21BrN2O2S. The highest BCUT2D eigenvalue weighted by atomic mass is 79.9. The largest absolute Gasteiger partial charge is 0.493 e. The zero-order valence-electron chi connectivity index (χ0n) is 12.1. The highest BCUT2D eigenvalue weighted by Crippen LogP contribution is 2.36. The molecule has 0 aliphatic rings. The van der Waals surface area contributed by atoms with Gasteiger partial charge < -0.3 is 20.1 Å². The van der Waals surface area contributed by atoms with Crippen molar-refractivity contribution in [1.82, 2.24) is 4.90 Å². The first-order valence-corrected chi connectivity index (χ1v) is 7.76. The molecule has 0 aliphatic heterocycles. The maximum Gasteiger partial charge on any atom is 0.175 e. The van der Waals surface area contributed by atoms with Crippen molar-refractivity contribution < 1.29 is 9.47 Å². The van der Waals surface area contributed by atoms with Gasteiger partial charge in [0, 0.05) is 12.1 Å². The fourth-order valence-corrected chi connectivity index (χ4v) is 2.49. The normalized spacial score (nSPS) is 10.7. The molecule has 1 aromatic carbocycles. The first kappa shape index (κ1) is 17.2. The maximum atomic E-state index is 5.83. The third kappa shape index (κ3) is 4.61. The summed E-state index contributed by atoms with van der Waals surface area (Å²) in [7, 11) is 1.60. The summed E-state index contributed by atoms with van der Waals surface area (Å²) in [6, 6.07) is 3.64. The van der Waals surface area contributed by atoms with Crippen LogP contribution in [0.15, 0.2) is 16.6 Å². The van der Waals surface area contributed by atoms with Crippen LogP contribution in [0, 0.1) is 0 Å². The number of halogens is 1. The molecule has 0 spiro atoms. The van der Waals surface area contributed by atoms with E-state index < -0.39 is 0 Å². The number of rotatable bonds is 8. The number of nitrogens with two attached hydrogens (primary N) is 1. The van der Waals surface area contributed by atoms with Crippen molar-refractivity contribution in [2.24, 2.45) is 5.73 Å². The van der Waals surface area contributed by atoms with Crippen LogP contribution in [-0.2, 0) is 0 Å². The van der Waals surface area contributed by atoms with Gasteiger partial charge in [-0.3, -0.25) is 0 Å². The molecule has 6 heteroatoms. The number of benzene rings is 1. The van der Waals surface area contributed by atoms with E-state index in [1.54, 1.807) is 13.2 Å². The lowest BCUT2D eigenvalue weighted by molar-refractivity contribution is 0.216. The Bertz CT molecular complexity index is 465. The SMILES string of the molecule is CCN(CC)CCOc1c(Br)cc(C(N)=S)cc1OC. The summed E-state index contributed by atoms with van der Waals surface area (Å²) in [6.07, 6.45) is 0. The van der Waals surface area contributed by atoms with Gasteiger partial charge in [-0.25, -0.2) is 0 Å². The molecule has 2 N–H and O–H groups in total. The number of nitrogens with zero attached hydrogens (tertiary/aromatic N) is 1. The molecule has 0 atom stereocenters. The lowest BCUT2D eigenvalue weighted by atomic mass is 10.2. The maximum absolute atomic E-state index is 5.83. The van der Waals surface area contributed by atoms with Crippen LogP contribution in [0.2, 0.25) is 0 Å². The lowest BCUT2D eigenvalue weighted by Crippen LogP contribution is -2.28. The summed E-state index contributed by atoms with van der Waals surface area (Å²) in [5, 5.41) is 0. The second kappa shape index (κ2) is 8.44. The van der Waals surface area contributed by atoms with Crippen LogP contribution < -0.4 is 15.2 Å². The second-order valence-corrected chi connectivity index (χ2v) is 5.52. The van der Waals surface area contributed by atoms with E-state index in [1.807, 2.05) is 6.07 Å². The van der Waals surface area contributed by atoms with Crippen molar-refractivity contribution in [1.29, 1.82) is 0 Å². The van der Waals surface area contributed by atoms with E-state index in [0.29, 0.717) is 23.1 Å². The van der Waals surface area contributed by atoms with Gasteiger partial charge in [-0.05, 0) is 41.2 Å². The Balaban J connectivity index is 2.81. The molecule has 20 heavy (non-hydrogen) atoms. The van der Waals surface area contributed by atoms with Crippen LogP contribution in [0.3, 0.4) is 0 Å². The monoisotopic (exact) mass is 360 g/mol. The molecule has 112 valence electrons. The van der Waals surface area contributed by atoms with Gasteiger partial charge in [-0.1, -0.05) is 26.1 Å². The zero-order valence-corrected chi connectivity index (χ0v) is 14.5. The van der Waals surface area contributed by atoms with Crippen molar-refractivity contribution >= 4 is 33.1 Å². The highest BCUT2D eigenvalue weighted by Gasteiger charge is 2.13. The summed E-state index contributed by atoms with van der Waals surface area (Å²) in [4.78, 5) is 2.63. The standard InChI is InChI=1S/C14H21BrN2O2S/c1-4-17(5-2)6-7-19-13-11(15)8-10(14(16)20)9-12(13)18-3/h8-9H,4-7H2,1-3H3,(H2,16,20). The summed E-state index contributed by atoms with van der Waals surface area (Å²) >= 11 is 8.45. The van der Waals surface area contributed by atoms with E-state index in [9.17, 15) is 0 Å². The molecule has 0 amide bonds. The molecule has 0 saturated carbocycles. The van der Waals surface area contributed by atoms with Crippen molar-refractivity contribution in [3.63, 3.8) is 0 Å². The van der Waals surface area contributed by atoms with E-state index >= 15 is 0 Å². The van der Waals surface area contributed by atoms with Crippen molar-refractivity contribution in [3.05, 3.63) is 22.2 Å². The number of thiocarbonyl (C=S) groups is 1. The Hall–Kier alpha value is -0.850. The van der Waals surface area contributed by atoms with Gasteiger partial charge in [0.15, 0.2) is 11.5 Å². The average molecular weight is 361 g/mol. The van der Waals surface area contributed by atoms with Crippen LogP contribution in [0.25, 0.3) is 0 Å². The predicted octanol–water partition coefficient (Wildman–Crippen LogP) is 2.81. The molecule has 1 aromatic rings. The molecule has 0 aliphatic carbocycles. The molecule has 0 fully saturated rings. The van der Waals surface area contributed by atoms with Gasteiger partial charge in [0.2, 0.25) is 0 Å². The Kier molecular flexibility index (Phi) is 7.26. The minimum atomic E-state index is 0.332. The lowest BCUT2D eigenvalue weighted by Gasteiger charge is -2.19. The predicted molar refractivity (Wildman–Crippen MR) is 89.9 cm³/mol. The molecule has 4 nitrogen and oxygen atoms in total. The van der Waals surface area contributed by atoms with Gasteiger partial charge in [0.1, 0.15) is 11.6 Å². The van der Waals surface area contributed by atoms with Crippen LogP contribution in [0.4, 0.5) is 0 Å². The van der Waals surface area contributed by atoms with Crippen molar-refractivity contribution in [3.8, 4) is 11.5 Å². The van der Waals surface area contributed by atoms with Gasteiger partial charge in [-0.15, -0.1) is 0 Å². The smallest absolute Gasteiger partial charge is 0.175 e. The minimum Gasteiger partial charge on any atom is -0.493 e. The number of hydrogen-bond acceptors (Lipinski definition) is 4. The highest BCUT2D eigenvalue weighted by molar-refractivity contribution is 9.10. The first-order valence-electron chi connectivity index (χ1n) is 6.55. The van der Waals surface area contributed by atoms with E-state index in [2.05, 4.69) is 34.7 Å². The first-order chi connectivity index (χ1) is 9.53. The van der Waals surface area contributed by atoms with Crippen LogP contribution in [0.1, 0.15) is 19.4 Å². The van der Waals surface area contributed by atoms with E-state index in [4.69, 9.17) is 27.4 Å². The molecule has 0 heterocycles. The van der Waals surface area contributed by atoms with Crippen LogP contribution >= 0.6 is 28.1 Å². The Labute approximate surface area is 134 Å². The Morgan fingerprint density at radius 3 is 2.50 bits per heavy atom. The Morgan fingerprint density at radius 2 is 2.00 bits per heavy atom. The average Bonchev–Trinajstić information content (AvgIpc) is 2.44. The van der Waals surface area contributed by atoms with Gasteiger partial charge in [-0.2, -0.15) is 0 Å². The zero-order chi connectivity index (χ0) is 15.1. The number of likely N-dealkylation sites (N-methyl/N-ethyl adjacent to an activating group) is 1. The fourth-order valence-electron chi connectivity index (χ4n) is 1.82. The third-order valence-electron chi connectivity index (χ3n) is 3.06.